The van der Waals surface area contributed by atoms with Gasteiger partial charge < -0.3 is 14.3 Å². The second-order valence-corrected chi connectivity index (χ2v) is 7.35. The predicted molar refractivity (Wildman–Crippen MR) is 90.7 cm³/mol. The van der Waals surface area contributed by atoms with E-state index in [1.54, 1.807) is 19.9 Å². The Hall–Kier alpha value is -2.16. The molecular formula is C17H21NO6S. The predicted octanol–water partition coefficient (Wildman–Crippen LogP) is 2.09. The molecule has 0 amide bonds. The fraction of sp³-hybridized carbons (Fsp3) is 0.353. The maximum absolute atomic E-state index is 12.2. The van der Waals surface area contributed by atoms with Crippen molar-refractivity contribution in [1.29, 1.82) is 0 Å². The summed E-state index contributed by atoms with van der Waals surface area (Å²) in [4.78, 5) is 11.4. The molecule has 0 aliphatic rings. The normalized spacial score (nSPS) is 12.8. The van der Waals surface area contributed by atoms with E-state index in [2.05, 4.69) is 9.46 Å². The third-order valence-electron chi connectivity index (χ3n) is 3.73. The summed E-state index contributed by atoms with van der Waals surface area (Å²) >= 11 is 0. The summed E-state index contributed by atoms with van der Waals surface area (Å²) < 4.78 is 36.8. The Morgan fingerprint density at radius 3 is 2.44 bits per heavy atom. The van der Waals surface area contributed by atoms with Gasteiger partial charge in [-0.1, -0.05) is 0 Å². The highest BCUT2D eigenvalue weighted by molar-refractivity contribution is 7.89. The Morgan fingerprint density at radius 1 is 1.28 bits per heavy atom. The van der Waals surface area contributed by atoms with Gasteiger partial charge in [0, 0.05) is 12.1 Å². The van der Waals surface area contributed by atoms with Crippen LogP contribution in [0, 0.1) is 13.8 Å². The number of rotatable bonds is 7. The van der Waals surface area contributed by atoms with Gasteiger partial charge in [0.2, 0.25) is 10.0 Å². The van der Waals surface area contributed by atoms with E-state index < -0.39 is 22.1 Å². The summed E-state index contributed by atoms with van der Waals surface area (Å²) in [6.45, 7) is 3.59. The van der Waals surface area contributed by atoms with Gasteiger partial charge in [0.15, 0.2) is 0 Å². The van der Waals surface area contributed by atoms with Gasteiger partial charge in [0.1, 0.15) is 11.5 Å². The molecule has 1 aromatic carbocycles. The summed E-state index contributed by atoms with van der Waals surface area (Å²) in [6.07, 6.45) is -0.610. The molecule has 7 nitrogen and oxygen atoms in total. The first-order valence-electron chi connectivity index (χ1n) is 7.67. The van der Waals surface area contributed by atoms with Crippen molar-refractivity contribution in [2.75, 3.05) is 13.7 Å². The number of methoxy groups -OCH3 is 1. The van der Waals surface area contributed by atoms with E-state index in [1.807, 2.05) is 0 Å². The van der Waals surface area contributed by atoms with Crippen molar-refractivity contribution >= 4 is 16.0 Å². The first-order valence-corrected chi connectivity index (χ1v) is 9.16. The van der Waals surface area contributed by atoms with Crippen LogP contribution >= 0.6 is 0 Å². The lowest BCUT2D eigenvalue weighted by Gasteiger charge is -2.11. The Bertz CT molecular complexity index is 839. The van der Waals surface area contributed by atoms with E-state index in [4.69, 9.17) is 4.42 Å². The molecule has 0 aliphatic carbocycles. The first kappa shape index (κ1) is 19.2. The topological polar surface area (TPSA) is 106 Å². The van der Waals surface area contributed by atoms with Gasteiger partial charge in [-0.2, -0.15) is 0 Å². The van der Waals surface area contributed by atoms with Crippen molar-refractivity contribution in [2.24, 2.45) is 0 Å². The van der Waals surface area contributed by atoms with Crippen LogP contribution in [0.2, 0.25) is 0 Å². The van der Waals surface area contributed by atoms with E-state index in [9.17, 15) is 18.3 Å². The molecule has 0 spiro atoms. The van der Waals surface area contributed by atoms with Crippen LogP contribution in [0.15, 0.2) is 39.6 Å². The number of hydrogen-bond donors (Lipinski definition) is 2. The Morgan fingerprint density at radius 2 is 1.92 bits per heavy atom. The maximum atomic E-state index is 12.2. The second-order valence-electron chi connectivity index (χ2n) is 5.59. The maximum Gasteiger partial charge on any atom is 0.337 e. The molecule has 0 saturated carbocycles. The molecule has 1 heterocycles. The summed E-state index contributed by atoms with van der Waals surface area (Å²) in [5.41, 5.74) is 0.918. The summed E-state index contributed by atoms with van der Waals surface area (Å²) in [7, 11) is -2.48. The standard InChI is InChI=1S/C17H21NO6S/c1-11-10-15(12(2)24-11)16(19)8-9-18-25(21,22)14-6-4-13(5-7-14)17(20)23-3/h4-7,10,16,18-19H,8-9H2,1-3H3/t16-/m0/s1. The number of aryl methyl sites for hydroxylation is 2. The van der Waals surface area contributed by atoms with E-state index in [0.717, 1.165) is 0 Å². The van der Waals surface area contributed by atoms with Crippen molar-refractivity contribution in [2.45, 2.75) is 31.3 Å². The summed E-state index contributed by atoms with van der Waals surface area (Å²) in [5.74, 6) is 0.773. The zero-order valence-corrected chi connectivity index (χ0v) is 15.1. The highest BCUT2D eigenvalue weighted by atomic mass is 32.2. The largest absolute Gasteiger partial charge is 0.466 e. The zero-order chi connectivity index (χ0) is 18.6. The van der Waals surface area contributed by atoms with Crippen molar-refractivity contribution in [3.05, 3.63) is 53.0 Å². The van der Waals surface area contributed by atoms with Crippen LogP contribution in [-0.2, 0) is 14.8 Å². The van der Waals surface area contributed by atoms with Crippen molar-refractivity contribution in [3.63, 3.8) is 0 Å². The number of nitrogens with one attached hydrogen (secondary N) is 1. The molecule has 0 unspecified atom stereocenters. The molecule has 0 bridgehead atoms. The number of hydrogen-bond acceptors (Lipinski definition) is 6. The molecule has 0 saturated heterocycles. The van der Waals surface area contributed by atoms with E-state index in [1.165, 1.54) is 31.4 Å². The quantitative estimate of drug-likeness (QED) is 0.726. The monoisotopic (exact) mass is 367 g/mol. The molecule has 2 rings (SSSR count). The van der Waals surface area contributed by atoms with Gasteiger partial charge in [0.05, 0.1) is 23.7 Å². The van der Waals surface area contributed by atoms with Gasteiger partial charge in [0.25, 0.3) is 0 Å². The lowest BCUT2D eigenvalue weighted by molar-refractivity contribution is 0.0600. The van der Waals surface area contributed by atoms with Crippen molar-refractivity contribution in [1.82, 2.24) is 4.72 Å². The smallest absolute Gasteiger partial charge is 0.337 e. The van der Waals surface area contributed by atoms with Crippen LogP contribution in [-0.4, -0.2) is 33.1 Å². The number of ether oxygens (including phenoxy) is 1. The molecular weight excluding hydrogens is 346 g/mol. The van der Waals surface area contributed by atoms with Crippen LogP contribution in [0.25, 0.3) is 0 Å². The van der Waals surface area contributed by atoms with Gasteiger partial charge in [-0.05, 0) is 50.6 Å². The van der Waals surface area contributed by atoms with Crippen molar-refractivity contribution in [3.8, 4) is 0 Å². The Labute approximate surface area is 146 Å². The minimum Gasteiger partial charge on any atom is -0.466 e. The molecule has 1 aromatic heterocycles. The first-order chi connectivity index (χ1) is 11.7. The third kappa shape index (κ3) is 4.68. The van der Waals surface area contributed by atoms with Crippen molar-refractivity contribution < 1.29 is 27.5 Å². The van der Waals surface area contributed by atoms with Crippen LogP contribution in [0.1, 0.15) is 40.0 Å². The van der Waals surface area contributed by atoms with Crippen LogP contribution in [0.4, 0.5) is 0 Å². The lowest BCUT2D eigenvalue weighted by Crippen LogP contribution is -2.26. The molecule has 2 aromatic rings. The van der Waals surface area contributed by atoms with Gasteiger partial charge >= 0.3 is 5.97 Å². The molecule has 136 valence electrons. The van der Waals surface area contributed by atoms with Crippen LogP contribution < -0.4 is 4.72 Å². The fourth-order valence-electron chi connectivity index (χ4n) is 2.44. The Balaban J connectivity index is 1.97. The average Bonchev–Trinajstić information content (AvgIpc) is 2.92. The van der Waals surface area contributed by atoms with Gasteiger partial charge in [-0.15, -0.1) is 0 Å². The average molecular weight is 367 g/mol. The number of furan rings is 1. The number of carbonyl (C=O) groups excluding carboxylic acids is 1. The molecule has 8 heteroatoms. The molecule has 0 fully saturated rings. The molecule has 25 heavy (non-hydrogen) atoms. The van der Waals surface area contributed by atoms with Gasteiger partial charge in [-0.3, -0.25) is 0 Å². The van der Waals surface area contributed by atoms with Crippen LogP contribution in [0.5, 0.6) is 0 Å². The molecule has 1 atom stereocenters. The minimum atomic E-state index is -3.73. The van der Waals surface area contributed by atoms with E-state index in [0.29, 0.717) is 17.1 Å². The molecule has 0 radical (unpaired) electrons. The number of esters is 1. The third-order valence-corrected chi connectivity index (χ3v) is 5.21. The molecule has 2 N–H and O–H groups in total. The SMILES string of the molecule is COC(=O)c1ccc(S(=O)(=O)NCC[C@H](O)c2cc(C)oc2C)cc1. The highest BCUT2D eigenvalue weighted by Crippen LogP contribution is 2.23. The minimum absolute atomic E-state index is 0.0324. The molecule has 0 aliphatic heterocycles. The van der Waals surface area contributed by atoms with E-state index in [-0.39, 0.29) is 23.4 Å². The van der Waals surface area contributed by atoms with Gasteiger partial charge in [-0.25, -0.2) is 17.9 Å². The number of sulfonamides is 1. The second kappa shape index (κ2) is 7.81. The lowest BCUT2D eigenvalue weighted by atomic mass is 10.1. The highest BCUT2D eigenvalue weighted by Gasteiger charge is 2.18. The zero-order valence-electron chi connectivity index (χ0n) is 14.3. The number of benzene rings is 1. The summed E-state index contributed by atoms with van der Waals surface area (Å²) in [6, 6.07) is 7.16. The van der Waals surface area contributed by atoms with E-state index >= 15 is 0 Å². The number of aliphatic hydroxyl groups is 1. The number of aliphatic hydroxyl groups excluding tert-OH is 1. The number of carbonyl (C=O) groups is 1. The van der Waals surface area contributed by atoms with Crippen LogP contribution in [0.3, 0.4) is 0 Å². The summed E-state index contributed by atoms with van der Waals surface area (Å²) in [5, 5.41) is 10.2. The fourth-order valence-corrected chi connectivity index (χ4v) is 3.49. The Kier molecular flexibility index (Phi) is 5.99.